The lowest BCUT2D eigenvalue weighted by molar-refractivity contribution is 0.210. The second-order valence-electron chi connectivity index (χ2n) is 8.22. The maximum atomic E-state index is 10.2. The van der Waals surface area contributed by atoms with Crippen molar-refractivity contribution in [1.29, 1.82) is 21.2 Å². The van der Waals surface area contributed by atoms with Crippen molar-refractivity contribution in [1.82, 2.24) is 4.90 Å². The molecule has 1 aromatic carbocycles. The Balaban J connectivity index is 2.22. The molecule has 0 spiro atoms. The van der Waals surface area contributed by atoms with Crippen molar-refractivity contribution in [3.05, 3.63) is 35.4 Å². The van der Waals surface area contributed by atoms with E-state index in [-0.39, 0.29) is 17.7 Å². The highest BCUT2D eigenvalue weighted by atomic mass is 16.5. The van der Waals surface area contributed by atoms with Gasteiger partial charge >= 0.3 is 0 Å². The van der Waals surface area contributed by atoms with Crippen LogP contribution in [0.3, 0.4) is 0 Å². The van der Waals surface area contributed by atoms with Crippen molar-refractivity contribution in [3.63, 3.8) is 0 Å². The molecule has 1 fully saturated rings. The van der Waals surface area contributed by atoms with Crippen LogP contribution in [-0.4, -0.2) is 43.5 Å². The van der Waals surface area contributed by atoms with Gasteiger partial charge in [-0.25, -0.2) is 0 Å². The van der Waals surface area contributed by atoms with Crippen molar-refractivity contribution in [2.45, 2.75) is 32.8 Å². The third-order valence-corrected chi connectivity index (χ3v) is 6.22. The maximum absolute atomic E-state index is 10.2. The fourth-order valence-electron chi connectivity index (χ4n) is 4.73. The molecule has 0 aromatic heterocycles. The normalized spacial score (nSPS) is 24.9. The molecule has 3 rings (SSSR count). The minimum absolute atomic E-state index is 0.0395. The van der Waals surface area contributed by atoms with E-state index in [2.05, 4.69) is 30.0 Å². The minimum Gasteiger partial charge on any atom is -0.493 e. The molecule has 31 heavy (non-hydrogen) atoms. The third kappa shape index (κ3) is 3.65. The van der Waals surface area contributed by atoms with Gasteiger partial charge in [0.05, 0.1) is 37.1 Å². The van der Waals surface area contributed by atoms with Crippen LogP contribution < -0.4 is 9.47 Å². The van der Waals surface area contributed by atoms with Crippen LogP contribution in [0.5, 0.6) is 11.5 Å². The number of nitrogens with zero attached hydrogens (tertiary/aromatic N) is 4. The molecule has 1 aromatic rings. The van der Waals surface area contributed by atoms with Gasteiger partial charge < -0.3 is 14.9 Å². The summed E-state index contributed by atoms with van der Waals surface area (Å²) in [7, 11) is 1.55. The monoisotopic (exact) mass is 417 g/mol. The number of nitrogens with one attached hydrogen (secondary N) is 1. The lowest BCUT2D eigenvalue weighted by atomic mass is 9.54. The number of methoxy groups -OCH3 is 1. The van der Waals surface area contributed by atoms with E-state index < -0.39 is 17.3 Å². The molecule has 0 saturated heterocycles. The largest absolute Gasteiger partial charge is 0.493 e. The summed E-state index contributed by atoms with van der Waals surface area (Å²) >= 11 is 0. The molecule has 1 saturated carbocycles. The van der Waals surface area contributed by atoms with Crippen LogP contribution >= 0.6 is 0 Å². The Morgan fingerprint density at radius 1 is 1.23 bits per heavy atom. The van der Waals surface area contributed by atoms with Gasteiger partial charge in [0.25, 0.3) is 0 Å². The van der Waals surface area contributed by atoms with Gasteiger partial charge in [-0.1, -0.05) is 19.1 Å². The molecule has 1 heterocycles. The second-order valence-corrected chi connectivity index (χ2v) is 8.22. The van der Waals surface area contributed by atoms with Crippen LogP contribution in [0, 0.1) is 56.7 Å². The molecule has 0 bridgehead atoms. The SMILES string of the molecule is CCN1CC=C2C(C#N)C(=N)C(C#N)(C#N)[C@H](c3ccc(OC(C)C)c(OC)c3)[C@H]2C1. The van der Waals surface area contributed by atoms with E-state index in [1.165, 1.54) is 0 Å². The summed E-state index contributed by atoms with van der Waals surface area (Å²) in [5.74, 6) is -0.588. The average Bonchev–Trinajstić information content (AvgIpc) is 2.78. The van der Waals surface area contributed by atoms with E-state index in [0.29, 0.717) is 24.6 Å². The first-order valence-electron chi connectivity index (χ1n) is 10.4. The number of nitriles is 3. The number of benzene rings is 1. The molecule has 0 radical (unpaired) electrons. The van der Waals surface area contributed by atoms with E-state index in [1.807, 2.05) is 26.0 Å². The topological polar surface area (TPSA) is 117 Å². The van der Waals surface area contributed by atoms with Crippen LogP contribution in [0.4, 0.5) is 0 Å². The smallest absolute Gasteiger partial charge is 0.189 e. The van der Waals surface area contributed by atoms with Gasteiger partial charge in [-0.3, -0.25) is 4.90 Å². The first-order valence-corrected chi connectivity index (χ1v) is 10.4. The fourth-order valence-corrected chi connectivity index (χ4v) is 4.73. The van der Waals surface area contributed by atoms with E-state index in [4.69, 9.17) is 14.9 Å². The maximum Gasteiger partial charge on any atom is 0.189 e. The summed E-state index contributed by atoms with van der Waals surface area (Å²) in [5.41, 5.74) is -0.306. The Labute approximate surface area is 183 Å². The minimum atomic E-state index is -1.73. The average molecular weight is 418 g/mol. The highest BCUT2D eigenvalue weighted by molar-refractivity contribution is 6.00. The highest BCUT2D eigenvalue weighted by Crippen LogP contribution is 2.54. The molecule has 2 aliphatic rings. The van der Waals surface area contributed by atoms with Crippen LogP contribution in [0.1, 0.15) is 32.3 Å². The Morgan fingerprint density at radius 2 is 1.94 bits per heavy atom. The van der Waals surface area contributed by atoms with Gasteiger partial charge in [-0.2, -0.15) is 15.8 Å². The molecule has 7 heteroatoms. The lowest BCUT2D eigenvalue weighted by Crippen LogP contribution is -2.52. The summed E-state index contributed by atoms with van der Waals surface area (Å²) in [4.78, 5) is 2.22. The highest BCUT2D eigenvalue weighted by Gasteiger charge is 2.57. The van der Waals surface area contributed by atoms with Gasteiger partial charge in [0.15, 0.2) is 16.9 Å². The molecule has 1 aliphatic heterocycles. The zero-order valence-corrected chi connectivity index (χ0v) is 18.3. The summed E-state index contributed by atoms with van der Waals surface area (Å²) in [6, 6.07) is 11.9. The quantitative estimate of drug-likeness (QED) is 0.731. The summed E-state index contributed by atoms with van der Waals surface area (Å²) in [6.07, 6.45) is 1.96. The van der Waals surface area contributed by atoms with Gasteiger partial charge in [0.1, 0.15) is 5.92 Å². The predicted molar refractivity (Wildman–Crippen MR) is 116 cm³/mol. The summed E-state index contributed by atoms with van der Waals surface area (Å²) in [6.45, 7) is 8.04. The second kappa shape index (κ2) is 8.80. The van der Waals surface area contributed by atoms with Gasteiger partial charge in [-0.05, 0) is 43.7 Å². The van der Waals surface area contributed by atoms with E-state index in [0.717, 1.165) is 17.7 Å². The van der Waals surface area contributed by atoms with Crippen LogP contribution in [0.2, 0.25) is 0 Å². The number of fused-ring (bicyclic) bond motifs is 1. The zero-order valence-electron chi connectivity index (χ0n) is 18.3. The van der Waals surface area contributed by atoms with Crippen molar-refractivity contribution in [2.75, 3.05) is 26.7 Å². The summed E-state index contributed by atoms with van der Waals surface area (Å²) < 4.78 is 11.4. The fraction of sp³-hybridized carbons (Fsp3) is 0.500. The Kier molecular flexibility index (Phi) is 6.34. The van der Waals surface area contributed by atoms with Gasteiger partial charge in [0, 0.05) is 24.9 Å². The number of hydrogen-bond donors (Lipinski definition) is 1. The van der Waals surface area contributed by atoms with Crippen molar-refractivity contribution in [2.24, 2.45) is 17.3 Å². The van der Waals surface area contributed by atoms with Crippen molar-refractivity contribution < 1.29 is 9.47 Å². The van der Waals surface area contributed by atoms with E-state index in [9.17, 15) is 15.8 Å². The Morgan fingerprint density at radius 3 is 2.48 bits per heavy atom. The molecule has 1 N–H and O–H groups in total. The van der Waals surface area contributed by atoms with E-state index in [1.54, 1.807) is 19.2 Å². The molecule has 0 amide bonds. The molecule has 3 atom stereocenters. The predicted octanol–water partition coefficient (Wildman–Crippen LogP) is 3.65. The third-order valence-electron chi connectivity index (χ3n) is 6.22. The molecular formula is C24H27N5O2. The van der Waals surface area contributed by atoms with Gasteiger partial charge in [-0.15, -0.1) is 0 Å². The number of ether oxygens (including phenoxy) is 2. The summed E-state index contributed by atoms with van der Waals surface area (Å²) in [5, 5.41) is 38.8. The van der Waals surface area contributed by atoms with Crippen LogP contribution in [-0.2, 0) is 0 Å². The van der Waals surface area contributed by atoms with Gasteiger partial charge in [0.2, 0.25) is 0 Å². The van der Waals surface area contributed by atoms with Crippen LogP contribution in [0.15, 0.2) is 29.8 Å². The number of rotatable bonds is 5. The Bertz CT molecular complexity index is 1010. The Hall–Kier alpha value is -3.34. The molecule has 7 nitrogen and oxygen atoms in total. The molecule has 1 unspecified atom stereocenters. The standard InChI is InChI=1S/C24H27N5O2/c1-5-29-9-8-17-18(11-25)23(28)24(13-26,14-27)22(19(17)12-29)16-6-7-20(31-15(2)3)21(10-16)30-4/h6-8,10,15,18-19,22,28H,5,9,12H2,1-4H3/t18?,19-,22+/m0/s1. The molecule has 1 aliphatic carbocycles. The van der Waals surface area contributed by atoms with Crippen molar-refractivity contribution in [3.8, 4) is 29.7 Å². The molecular weight excluding hydrogens is 390 g/mol. The van der Waals surface area contributed by atoms with E-state index >= 15 is 0 Å². The van der Waals surface area contributed by atoms with Crippen LogP contribution in [0.25, 0.3) is 0 Å². The first-order chi connectivity index (χ1) is 14.9. The number of likely N-dealkylation sites (N-methyl/N-ethyl adjacent to an activating group) is 1. The lowest BCUT2D eigenvalue weighted by Gasteiger charge is -2.47. The van der Waals surface area contributed by atoms with Crippen molar-refractivity contribution >= 4 is 5.71 Å². The zero-order chi connectivity index (χ0) is 22.8. The first kappa shape index (κ1) is 22.3. The number of hydrogen-bond acceptors (Lipinski definition) is 7. The molecule has 160 valence electrons.